The van der Waals surface area contributed by atoms with E-state index < -0.39 is 0 Å². The van der Waals surface area contributed by atoms with Gasteiger partial charge in [-0.05, 0) is 13.3 Å². The Morgan fingerprint density at radius 3 is 2.75 bits per heavy atom. The third kappa shape index (κ3) is 4.16. The van der Waals surface area contributed by atoms with Crippen molar-refractivity contribution in [3.63, 3.8) is 0 Å². The fourth-order valence-electron chi connectivity index (χ4n) is 0.339. The molecule has 0 aliphatic heterocycles. The van der Waals surface area contributed by atoms with Crippen LogP contribution in [0.2, 0.25) is 0 Å². The van der Waals surface area contributed by atoms with Gasteiger partial charge in [0.2, 0.25) is 0 Å². The first-order chi connectivity index (χ1) is 3.81. The second-order valence-electron chi connectivity index (χ2n) is 1.64. The van der Waals surface area contributed by atoms with Gasteiger partial charge in [-0.25, -0.2) is 0 Å². The van der Waals surface area contributed by atoms with E-state index in [2.05, 4.69) is 0 Å². The minimum absolute atomic E-state index is 0.282. The van der Waals surface area contributed by atoms with Gasteiger partial charge in [-0.3, -0.25) is 0 Å². The number of hydrogen-bond donors (Lipinski definition) is 0. The first kappa shape index (κ1) is 7.99. The van der Waals surface area contributed by atoms with Crippen molar-refractivity contribution in [3.8, 4) is 0 Å². The summed E-state index contributed by atoms with van der Waals surface area (Å²) in [6, 6.07) is 0. The van der Waals surface area contributed by atoms with Crippen LogP contribution in [0.4, 0.5) is 0 Å². The molecule has 0 saturated heterocycles. The Hall–Kier alpha value is -0.0100. The quantitative estimate of drug-likeness (QED) is 0.575. The van der Waals surface area contributed by atoms with Gasteiger partial charge in [0.1, 0.15) is 0 Å². The van der Waals surface area contributed by atoms with Crippen LogP contribution in [0.5, 0.6) is 0 Å². The molecule has 0 bridgehead atoms. The van der Waals surface area contributed by atoms with E-state index in [1.807, 2.05) is 13.0 Å². The average Bonchev–Trinajstić information content (AvgIpc) is 1.83. The molecule has 0 radical (unpaired) electrons. The lowest BCUT2D eigenvalue weighted by Crippen LogP contribution is -2.01. The van der Waals surface area contributed by atoms with E-state index >= 15 is 0 Å². The van der Waals surface area contributed by atoms with Crippen LogP contribution >= 0.6 is 11.6 Å². The van der Waals surface area contributed by atoms with Crippen LogP contribution in [0.15, 0.2) is 11.6 Å². The molecule has 8 heavy (non-hydrogen) atoms. The van der Waals surface area contributed by atoms with E-state index in [0.29, 0.717) is 0 Å². The third-order valence-electron chi connectivity index (χ3n) is 0.959. The van der Waals surface area contributed by atoms with Crippen molar-refractivity contribution in [1.82, 2.24) is 0 Å². The Morgan fingerprint density at radius 2 is 2.38 bits per heavy atom. The summed E-state index contributed by atoms with van der Waals surface area (Å²) in [6.45, 7) is 2.00. The smallest absolute Gasteiger partial charge is 0.0578 e. The van der Waals surface area contributed by atoms with Crippen LogP contribution in [0.1, 0.15) is 13.3 Å². The van der Waals surface area contributed by atoms with Crippen LogP contribution in [0, 0.1) is 0 Å². The van der Waals surface area contributed by atoms with E-state index in [1.165, 1.54) is 5.54 Å². The highest BCUT2D eigenvalue weighted by Gasteiger charge is 1.91. The molecule has 0 aromatic carbocycles. The van der Waals surface area contributed by atoms with Gasteiger partial charge >= 0.3 is 0 Å². The normalized spacial score (nSPS) is 14.9. The first-order valence-electron chi connectivity index (χ1n) is 2.59. The summed E-state index contributed by atoms with van der Waals surface area (Å²) in [4.78, 5) is 0. The van der Waals surface area contributed by atoms with E-state index in [1.54, 1.807) is 7.11 Å². The Labute approximate surface area is 55.3 Å². The molecule has 0 aromatic rings. The molecule has 1 nitrogen and oxygen atoms in total. The maximum absolute atomic E-state index is 5.27. The summed E-state index contributed by atoms with van der Waals surface area (Å²) in [6.07, 6.45) is 3.04. The number of rotatable bonds is 3. The maximum atomic E-state index is 5.27. The summed E-state index contributed by atoms with van der Waals surface area (Å²) in [5, 5.41) is 0. The highest BCUT2D eigenvalue weighted by molar-refractivity contribution is 6.25. The SMILES string of the molecule is COC(C)CC=CCl. The van der Waals surface area contributed by atoms with Gasteiger partial charge in [-0.1, -0.05) is 17.7 Å². The van der Waals surface area contributed by atoms with Crippen LogP contribution in [0.25, 0.3) is 0 Å². The Balaban J connectivity index is 3.10. The van der Waals surface area contributed by atoms with E-state index in [4.69, 9.17) is 16.3 Å². The average molecular weight is 135 g/mol. The Morgan fingerprint density at radius 1 is 1.75 bits per heavy atom. The van der Waals surface area contributed by atoms with Crippen LogP contribution in [-0.4, -0.2) is 13.2 Å². The highest BCUT2D eigenvalue weighted by Crippen LogP contribution is 1.96. The summed E-state index contributed by atoms with van der Waals surface area (Å²) in [5.74, 6) is 0. The molecule has 0 rings (SSSR count). The Bertz CT molecular complexity index is 70.9. The molecule has 1 atom stereocenters. The maximum Gasteiger partial charge on any atom is 0.0578 e. The summed E-state index contributed by atoms with van der Waals surface area (Å²) >= 11 is 5.27. The molecule has 2 heteroatoms. The predicted octanol–water partition coefficient (Wildman–Crippen LogP) is 2.16. The molecule has 0 spiro atoms. The largest absolute Gasteiger partial charge is 0.381 e. The number of ether oxygens (including phenoxy) is 1. The molecular formula is C6H11ClO. The van der Waals surface area contributed by atoms with E-state index in [9.17, 15) is 0 Å². The van der Waals surface area contributed by atoms with E-state index in [-0.39, 0.29) is 6.10 Å². The number of hydrogen-bond acceptors (Lipinski definition) is 1. The van der Waals surface area contributed by atoms with Crippen LogP contribution in [0.3, 0.4) is 0 Å². The van der Waals surface area contributed by atoms with Gasteiger partial charge < -0.3 is 4.74 Å². The van der Waals surface area contributed by atoms with Gasteiger partial charge in [0.05, 0.1) is 6.10 Å². The molecule has 0 heterocycles. The van der Waals surface area contributed by atoms with Crippen molar-refractivity contribution >= 4 is 11.6 Å². The lowest BCUT2D eigenvalue weighted by molar-refractivity contribution is 0.121. The molecule has 48 valence electrons. The molecule has 0 aliphatic rings. The van der Waals surface area contributed by atoms with Crippen molar-refractivity contribution in [1.29, 1.82) is 0 Å². The van der Waals surface area contributed by atoms with E-state index in [0.717, 1.165) is 6.42 Å². The highest BCUT2D eigenvalue weighted by atomic mass is 35.5. The lowest BCUT2D eigenvalue weighted by Gasteiger charge is -2.02. The second-order valence-corrected chi connectivity index (χ2v) is 1.90. The van der Waals surface area contributed by atoms with Gasteiger partial charge in [0.15, 0.2) is 0 Å². The van der Waals surface area contributed by atoms with Crippen molar-refractivity contribution in [2.45, 2.75) is 19.4 Å². The molecule has 0 N–H and O–H groups in total. The monoisotopic (exact) mass is 134 g/mol. The van der Waals surface area contributed by atoms with Crippen LogP contribution < -0.4 is 0 Å². The second kappa shape index (κ2) is 5.13. The standard InChI is InChI=1S/C6H11ClO/c1-6(8-2)4-3-5-7/h3,5-6H,4H2,1-2H3. The summed E-state index contributed by atoms with van der Waals surface area (Å²) in [7, 11) is 1.69. The number of halogens is 1. The van der Waals surface area contributed by atoms with Gasteiger partial charge in [-0.2, -0.15) is 0 Å². The molecule has 0 amide bonds. The number of methoxy groups -OCH3 is 1. The van der Waals surface area contributed by atoms with Gasteiger partial charge in [0, 0.05) is 12.6 Å². The molecule has 0 aromatic heterocycles. The zero-order chi connectivity index (χ0) is 6.41. The topological polar surface area (TPSA) is 9.23 Å². The minimum Gasteiger partial charge on any atom is -0.381 e. The molecule has 0 saturated carbocycles. The molecule has 0 aliphatic carbocycles. The van der Waals surface area contributed by atoms with Crippen molar-refractivity contribution in [3.05, 3.63) is 11.6 Å². The zero-order valence-corrected chi connectivity index (χ0v) is 5.98. The summed E-state index contributed by atoms with van der Waals surface area (Å²) in [5.41, 5.74) is 1.51. The van der Waals surface area contributed by atoms with Crippen molar-refractivity contribution < 1.29 is 4.74 Å². The molecule has 0 fully saturated rings. The van der Waals surface area contributed by atoms with Crippen molar-refractivity contribution in [2.24, 2.45) is 0 Å². The molecule has 1 unspecified atom stereocenters. The molecular weight excluding hydrogens is 124 g/mol. The minimum atomic E-state index is 0.282. The Kier molecular flexibility index (Phi) is 5.13. The zero-order valence-electron chi connectivity index (χ0n) is 5.23. The lowest BCUT2D eigenvalue weighted by atomic mass is 10.3. The summed E-state index contributed by atoms with van der Waals surface area (Å²) < 4.78 is 4.94. The fourth-order valence-corrected chi connectivity index (χ4v) is 0.442. The first-order valence-corrected chi connectivity index (χ1v) is 3.03. The van der Waals surface area contributed by atoms with Crippen molar-refractivity contribution in [2.75, 3.05) is 7.11 Å². The fraction of sp³-hybridized carbons (Fsp3) is 0.667. The van der Waals surface area contributed by atoms with Crippen LogP contribution in [-0.2, 0) is 4.74 Å². The predicted molar refractivity (Wildman–Crippen MR) is 36.1 cm³/mol. The third-order valence-corrected chi connectivity index (χ3v) is 1.14. The van der Waals surface area contributed by atoms with Gasteiger partial charge in [0.25, 0.3) is 0 Å². The van der Waals surface area contributed by atoms with Gasteiger partial charge in [-0.15, -0.1) is 0 Å².